The third-order valence-electron chi connectivity index (χ3n) is 4.50. The van der Waals surface area contributed by atoms with Crippen LogP contribution in [0.1, 0.15) is 15.9 Å². The number of carbonyl (C=O) groups excluding carboxylic acids is 1. The third-order valence-corrected chi connectivity index (χ3v) is 5.29. The highest BCUT2D eigenvalue weighted by Gasteiger charge is 2.19. The second kappa shape index (κ2) is 8.31. The summed E-state index contributed by atoms with van der Waals surface area (Å²) in [7, 11) is 3.32. The van der Waals surface area contributed by atoms with E-state index in [9.17, 15) is 14.9 Å². The van der Waals surface area contributed by atoms with E-state index in [1.165, 1.54) is 17.8 Å². The molecule has 3 aromatic rings. The molecule has 3 rings (SSSR count). The van der Waals surface area contributed by atoms with Crippen LogP contribution in [-0.4, -0.2) is 36.1 Å². The predicted octanol–water partition coefficient (Wildman–Crippen LogP) is 4.75. The van der Waals surface area contributed by atoms with Gasteiger partial charge in [-0.05, 0) is 52.9 Å². The van der Waals surface area contributed by atoms with Crippen molar-refractivity contribution in [3.05, 3.63) is 75.8 Å². The normalized spacial score (nSPS) is 10.7. The van der Waals surface area contributed by atoms with Crippen LogP contribution < -0.4 is 4.74 Å². The molecular weight excluding hydrogens is 376 g/mol. The molecule has 0 aliphatic heterocycles. The largest absolute Gasteiger partial charge is 0.497 e. The Hall–Kier alpha value is -3.06. The van der Waals surface area contributed by atoms with Crippen LogP contribution in [0, 0.1) is 10.1 Å². The molecule has 3 aromatic carbocycles. The fourth-order valence-electron chi connectivity index (χ4n) is 3.03. The summed E-state index contributed by atoms with van der Waals surface area (Å²) in [6.07, 6.45) is 1.77. The average Bonchev–Trinajstić information content (AvgIpc) is 2.72. The van der Waals surface area contributed by atoms with Crippen molar-refractivity contribution >= 4 is 34.1 Å². The summed E-state index contributed by atoms with van der Waals surface area (Å²) >= 11 is 1.28. The van der Waals surface area contributed by atoms with Gasteiger partial charge < -0.3 is 9.64 Å². The maximum absolute atomic E-state index is 12.8. The maximum atomic E-state index is 12.8. The van der Waals surface area contributed by atoms with Crippen LogP contribution in [0.25, 0.3) is 10.8 Å². The summed E-state index contributed by atoms with van der Waals surface area (Å²) < 4.78 is 5.24. The number of nitro groups is 1. The number of methoxy groups -OCH3 is 1. The fraction of sp³-hybridized carbons (Fsp3) is 0.190. The first kappa shape index (κ1) is 19.7. The number of carbonyl (C=O) groups is 1. The standard InChI is InChI=1S/C21H20N2O4S/c1-22(21(24)17-7-9-20(28-3)19(12-17)23(25)26)13-14-4-5-16-11-18(27-2)8-6-15(16)10-14/h4-12H,13H2,1-3H3. The number of benzene rings is 3. The highest BCUT2D eigenvalue weighted by atomic mass is 32.2. The van der Waals surface area contributed by atoms with Crippen molar-refractivity contribution < 1.29 is 14.5 Å². The number of amides is 1. The van der Waals surface area contributed by atoms with E-state index in [1.807, 2.05) is 36.4 Å². The number of fused-ring (bicyclic) bond motifs is 1. The summed E-state index contributed by atoms with van der Waals surface area (Å²) in [6.45, 7) is 0.402. The molecule has 0 bridgehead atoms. The molecule has 0 N–H and O–H groups in total. The van der Waals surface area contributed by atoms with Crippen LogP contribution in [0.2, 0.25) is 0 Å². The summed E-state index contributed by atoms with van der Waals surface area (Å²) in [5, 5.41) is 13.4. The number of hydrogen-bond acceptors (Lipinski definition) is 5. The van der Waals surface area contributed by atoms with Crippen LogP contribution in [0.4, 0.5) is 5.69 Å². The van der Waals surface area contributed by atoms with Crippen LogP contribution in [0.15, 0.2) is 59.5 Å². The lowest BCUT2D eigenvalue weighted by Crippen LogP contribution is -2.26. The highest BCUT2D eigenvalue weighted by molar-refractivity contribution is 7.98. The Balaban J connectivity index is 1.81. The number of nitrogens with zero attached hydrogens (tertiary/aromatic N) is 2. The molecule has 7 heteroatoms. The molecule has 0 aromatic heterocycles. The van der Waals surface area contributed by atoms with Gasteiger partial charge >= 0.3 is 0 Å². The summed E-state index contributed by atoms with van der Waals surface area (Å²) in [4.78, 5) is 25.6. The van der Waals surface area contributed by atoms with Gasteiger partial charge in [-0.2, -0.15) is 0 Å². The van der Waals surface area contributed by atoms with Gasteiger partial charge in [0.25, 0.3) is 11.6 Å². The molecule has 0 aliphatic rings. The number of thioether (sulfide) groups is 1. The lowest BCUT2D eigenvalue weighted by Gasteiger charge is -2.18. The van der Waals surface area contributed by atoms with Crippen LogP contribution in [-0.2, 0) is 6.54 Å². The second-order valence-electron chi connectivity index (χ2n) is 6.35. The second-order valence-corrected chi connectivity index (χ2v) is 7.20. The molecule has 6 nitrogen and oxygen atoms in total. The van der Waals surface area contributed by atoms with Gasteiger partial charge in [0.15, 0.2) is 0 Å². The molecule has 28 heavy (non-hydrogen) atoms. The van der Waals surface area contributed by atoms with E-state index in [0.29, 0.717) is 17.0 Å². The number of rotatable bonds is 6. The van der Waals surface area contributed by atoms with Crippen molar-refractivity contribution in [2.24, 2.45) is 0 Å². The average molecular weight is 396 g/mol. The molecule has 0 saturated heterocycles. The van der Waals surface area contributed by atoms with Crippen molar-refractivity contribution in [2.75, 3.05) is 20.4 Å². The number of hydrogen-bond donors (Lipinski definition) is 0. The van der Waals surface area contributed by atoms with E-state index >= 15 is 0 Å². The van der Waals surface area contributed by atoms with Crippen molar-refractivity contribution in [1.82, 2.24) is 4.90 Å². The molecule has 0 radical (unpaired) electrons. The Morgan fingerprint density at radius 3 is 2.50 bits per heavy atom. The van der Waals surface area contributed by atoms with Gasteiger partial charge in [-0.25, -0.2) is 0 Å². The zero-order valence-corrected chi connectivity index (χ0v) is 16.7. The van der Waals surface area contributed by atoms with Gasteiger partial charge in [0, 0.05) is 25.2 Å². The smallest absolute Gasteiger partial charge is 0.283 e. The van der Waals surface area contributed by atoms with Crippen LogP contribution in [0.3, 0.4) is 0 Å². The Labute approximate surface area is 167 Å². The molecule has 0 saturated carbocycles. The van der Waals surface area contributed by atoms with E-state index in [1.54, 1.807) is 37.4 Å². The molecule has 1 amide bonds. The number of ether oxygens (including phenoxy) is 1. The van der Waals surface area contributed by atoms with Gasteiger partial charge in [0.1, 0.15) is 5.75 Å². The monoisotopic (exact) mass is 396 g/mol. The third kappa shape index (κ3) is 4.09. The summed E-state index contributed by atoms with van der Waals surface area (Å²) in [5.74, 6) is 0.536. The van der Waals surface area contributed by atoms with E-state index in [0.717, 1.165) is 22.1 Å². The Morgan fingerprint density at radius 2 is 1.82 bits per heavy atom. The molecule has 0 spiro atoms. The SMILES string of the molecule is COc1ccc2cc(CN(C)C(=O)c3ccc(SC)c([N+](=O)[O-])c3)ccc2c1. The first-order chi connectivity index (χ1) is 13.4. The minimum atomic E-state index is -0.458. The molecule has 0 aliphatic carbocycles. The zero-order chi connectivity index (χ0) is 20.3. The molecule has 0 unspecified atom stereocenters. The Kier molecular flexibility index (Phi) is 5.84. The number of nitro benzene ring substituents is 1. The Bertz CT molecular complexity index is 1050. The zero-order valence-electron chi connectivity index (χ0n) is 15.8. The first-order valence-corrected chi connectivity index (χ1v) is 9.80. The highest BCUT2D eigenvalue weighted by Crippen LogP contribution is 2.29. The fourth-order valence-corrected chi connectivity index (χ4v) is 3.58. The van der Waals surface area contributed by atoms with Gasteiger partial charge in [-0.1, -0.05) is 18.2 Å². The van der Waals surface area contributed by atoms with Crippen molar-refractivity contribution in [2.45, 2.75) is 11.4 Å². The van der Waals surface area contributed by atoms with E-state index in [2.05, 4.69) is 0 Å². The quantitative estimate of drug-likeness (QED) is 0.341. The molecule has 0 atom stereocenters. The molecule has 0 fully saturated rings. The maximum Gasteiger partial charge on any atom is 0.283 e. The first-order valence-electron chi connectivity index (χ1n) is 8.57. The minimum Gasteiger partial charge on any atom is -0.497 e. The van der Waals surface area contributed by atoms with Crippen LogP contribution >= 0.6 is 11.8 Å². The Morgan fingerprint density at radius 1 is 1.11 bits per heavy atom. The minimum absolute atomic E-state index is 0.0496. The molecule has 144 valence electrons. The van der Waals surface area contributed by atoms with Crippen molar-refractivity contribution in [3.8, 4) is 5.75 Å². The lowest BCUT2D eigenvalue weighted by molar-refractivity contribution is -0.387. The van der Waals surface area contributed by atoms with Gasteiger partial charge in [-0.3, -0.25) is 14.9 Å². The molecule has 0 heterocycles. The topological polar surface area (TPSA) is 72.7 Å². The van der Waals surface area contributed by atoms with Crippen LogP contribution in [0.5, 0.6) is 5.75 Å². The van der Waals surface area contributed by atoms with Gasteiger partial charge in [0.05, 0.1) is 16.9 Å². The van der Waals surface area contributed by atoms with E-state index in [-0.39, 0.29) is 11.6 Å². The van der Waals surface area contributed by atoms with Gasteiger partial charge in [-0.15, -0.1) is 11.8 Å². The van der Waals surface area contributed by atoms with Gasteiger partial charge in [0.2, 0.25) is 0 Å². The predicted molar refractivity (Wildman–Crippen MR) is 111 cm³/mol. The molecular formula is C21H20N2O4S. The lowest BCUT2D eigenvalue weighted by atomic mass is 10.1. The summed E-state index contributed by atoms with van der Waals surface area (Å²) in [5.41, 5.74) is 1.23. The van der Waals surface area contributed by atoms with E-state index < -0.39 is 4.92 Å². The van der Waals surface area contributed by atoms with E-state index in [4.69, 9.17) is 4.74 Å². The van der Waals surface area contributed by atoms with Crippen molar-refractivity contribution in [3.63, 3.8) is 0 Å². The summed E-state index contributed by atoms with van der Waals surface area (Å²) in [6, 6.07) is 16.4. The van der Waals surface area contributed by atoms with Crippen molar-refractivity contribution in [1.29, 1.82) is 0 Å².